The maximum absolute atomic E-state index is 12.0. The van der Waals surface area contributed by atoms with Gasteiger partial charge in [0.05, 0.1) is 5.56 Å². The Morgan fingerprint density at radius 2 is 2.00 bits per heavy atom. The van der Waals surface area contributed by atoms with Gasteiger partial charge in [-0.15, -0.1) is 0 Å². The second-order valence-electron chi connectivity index (χ2n) is 4.76. The molecule has 0 N–H and O–H groups in total. The van der Waals surface area contributed by atoms with Crippen LogP contribution >= 0.6 is 0 Å². The Morgan fingerprint density at radius 1 is 1.10 bits per heavy atom. The Morgan fingerprint density at radius 3 is 2.80 bits per heavy atom. The van der Waals surface area contributed by atoms with Crippen molar-refractivity contribution in [1.82, 2.24) is 4.98 Å². The number of hydrogen-bond acceptors (Lipinski definition) is 4. The van der Waals surface area contributed by atoms with E-state index in [1.165, 1.54) is 0 Å². The molecule has 0 atom stereocenters. The molecular formula is C16H13NO3. The third-order valence-electron chi connectivity index (χ3n) is 3.34. The Kier molecular flexibility index (Phi) is 3.29. The number of esters is 1. The molecule has 0 radical (unpaired) electrons. The van der Waals surface area contributed by atoms with E-state index in [1.807, 2.05) is 12.1 Å². The van der Waals surface area contributed by atoms with Crippen molar-refractivity contribution < 1.29 is 14.3 Å². The van der Waals surface area contributed by atoms with E-state index in [1.54, 1.807) is 30.5 Å². The number of carbonyl (C=O) groups is 2. The average molecular weight is 267 g/mol. The van der Waals surface area contributed by atoms with E-state index < -0.39 is 5.97 Å². The molecule has 0 unspecified atom stereocenters. The van der Waals surface area contributed by atoms with Crippen LogP contribution in [-0.4, -0.2) is 16.7 Å². The first-order valence-electron chi connectivity index (χ1n) is 6.49. The molecule has 2 aromatic rings. The molecule has 20 heavy (non-hydrogen) atoms. The summed E-state index contributed by atoms with van der Waals surface area (Å²) < 4.78 is 5.20. The van der Waals surface area contributed by atoms with Crippen LogP contribution < -0.4 is 4.74 Å². The lowest BCUT2D eigenvalue weighted by Crippen LogP contribution is -2.15. The monoisotopic (exact) mass is 267 g/mol. The van der Waals surface area contributed by atoms with Crippen LogP contribution in [0.5, 0.6) is 5.88 Å². The lowest BCUT2D eigenvalue weighted by atomic mass is 9.89. The van der Waals surface area contributed by atoms with E-state index >= 15 is 0 Å². The first-order valence-corrected chi connectivity index (χ1v) is 6.49. The van der Waals surface area contributed by atoms with Crippen molar-refractivity contribution in [2.45, 2.75) is 19.3 Å². The minimum absolute atomic E-state index is 0.251. The molecule has 0 spiro atoms. The highest BCUT2D eigenvalue weighted by Gasteiger charge is 2.18. The van der Waals surface area contributed by atoms with Crippen LogP contribution in [0.15, 0.2) is 42.6 Å². The fraction of sp³-hybridized carbons (Fsp3) is 0.188. The fourth-order valence-electron chi connectivity index (χ4n) is 2.29. The summed E-state index contributed by atoms with van der Waals surface area (Å²) >= 11 is 0. The summed E-state index contributed by atoms with van der Waals surface area (Å²) in [6.45, 7) is 0. The summed E-state index contributed by atoms with van der Waals surface area (Å²) in [5.74, 6) is 0.107. The standard InChI is InChI=1S/C16H13NO3/c18-14-7-6-11-9-13(5-4-12(11)10-14)16(19)20-15-3-1-2-8-17-15/h1-5,8-9H,6-7,10H2. The fourth-order valence-corrected chi connectivity index (χ4v) is 2.29. The Labute approximate surface area is 116 Å². The predicted octanol–water partition coefficient (Wildman–Crippen LogP) is 2.36. The molecule has 1 aromatic carbocycles. The number of fused-ring (bicyclic) bond motifs is 1. The lowest BCUT2D eigenvalue weighted by Gasteiger charge is -2.15. The van der Waals surface area contributed by atoms with Gasteiger partial charge in [-0.25, -0.2) is 9.78 Å². The molecule has 0 aliphatic heterocycles. The van der Waals surface area contributed by atoms with Gasteiger partial charge in [-0.05, 0) is 35.7 Å². The van der Waals surface area contributed by atoms with Crippen molar-refractivity contribution in [1.29, 1.82) is 0 Å². The van der Waals surface area contributed by atoms with Crippen LogP contribution in [0.25, 0.3) is 0 Å². The molecule has 4 nitrogen and oxygen atoms in total. The number of hydrogen-bond donors (Lipinski definition) is 0. The van der Waals surface area contributed by atoms with E-state index in [0.29, 0.717) is 24.8 Å². The molecule has 100 valence electrons. The second kappa shape index (κ2) is 5.25. The van der Waals surface area contributed by atoms with E-state index in [2.05, 4.69) is 4.98 Å². The summed E-state index contributed by atoms with van der Waals surface area (Å²) in [6, 6.07) is 10.5. The van der Waals surface area contributed by atoms with Crippen molar-refractivity contribution in [2.24, 2.45) is 0 Å². The third-order valence-corrected chi connectivity index (χ3v) is 3.34. The zero-order valence-electron chi connectivity index (χ0n) is 10.8. The molecule has 1 aromatic heterocycles. The number of nitrogens with zero attached hydrogens (tertiary/aromatic N) is 1. The lowest BCUT2D eigenvalue weighted by molar-refractivity contribution is -0.118. The smallest absolute Gasteiger partial charge is 0.344 e. The van der Waals surface area contributed by atoms with Crippen LogP contribution in [-0.2, 0) is 17.6 Å². The van der Waals surface area contributed by atoms with E-state index in [9.17, 15) is 9.59 Å². The minimum Gasteiger partial charge on any atom is -0.404 e. The van der Waals surface area contributed by atoms with Crippen molar-refractivity contribution >= 4 is 11.8 Å². The third kappa shape index (κ3) is 2.59. The van der Waals surface area contributed by atoms with Crippen LogP contribution in [0, 0.1) is 0 Å². The van der Waals surface area contributed by atoms with Crippen LogP contribution in [0.1, 0.15) is 27.9 Å². The number of carbonyl (C=O) groups excluding carboxylic acids is 2. The highest BCUT2D eigenvalue weighted by atomic mass is 16.5. The number of Topliss-reactive ketones (excluding diaryl/α,β-unsaturated/α-hetero) is 1. The van der Waals surface area contributed by atoms with Crippen LogP contribution in [0.3, 0.4) is 0 Å². The molecule has 0 saturated heterocycles. The molecule has 0 bridgehead atoms. The largest absolute Gasteiger partial charge is 0.404 e. The van der Waals surface area contributed by atoms with Crippen LogP contribution in [0.2, 0.25) is 0 Å². The predicted molar refractivity (Wildman–Crippen MR) is 72.7 cm³/mol. The number of aryl methyl sites for hydroxylation is 1. The number of aromatic nitrogens is 1. The van der Waals surface area contributed by atoms with Gasteiger partial charge in [0, 0.05) is 25.1 Å². The molecule has 0 fully saturated rings. The topological polar surface area (TPSA) is 56.3 Å². The van der Waals surface area contributed by atoms with E-state index in [4.69, 9.17) is 4.74 Å². The van der Waals surface area contributed by atoms with Crippen LogP contribution in [0.4, 0.5) is 0 Å². The van der Waals surface area contributed by atoms with Gasteiger partial charge in [0.25, 0.3) is 0 Å². The molecular weight excluding hydrogens is 254 g/mol. The Balaban J connectivity index is 1.81. The normalized spacial score (nSPS) is 13.7. The molecule has 0 saturated carbocycles. The van der Waals surface area contributed by atoms with Gasteiger partial charge in [0.15, 0.2) is 0 Å². The van der Waals surface area contributed by atoms with E-state index in [-0.39, 0.29) is 11.7 Å². The molecule has 3 rings (SSSR count). The first kappa shape index (κ1) is 12.5. The maximum Gasteiger partial charge on any atom is 0.344 e. The minimum atomic E-state index is -0.427. The van der Waals surface area contributed by atoms with Gasteiger partial charge in [0.1, 0.15) is 5.78 Å². The van der Waals surface area contributed by atoms with Gasteiger partial charge >= 0.3 is 5.97 Å². The molecule has 0 amide bonds. The Hall–Kier alpha value is -2.49. The maximum atomic E-state index is 12.0. The average Bonchev–Trinajstić information content (AvgIpc) is 2.47. The molecule has 1 aliphatic rings. The van der Waals surface area contributed by atoms with Gasteiger partial charge in [-0.3, -0.25) is 4.79 Å². The zero-order valence-corrected chi connectivity index (χ0v) is 10.8. The molecule has 1 aliphatic carbocycles. The summed E-state index contributed by atoms with van der Waals surface area (Å²) in [7, 11) is 0. The highest BCUT2D eigenvalue weighted by molar-refractivity contribution is 5.92. The zero-order chi connectivity index (χ0) is 13.9. The number of rotatable bonds is 2. The molecule has 1 heterocycles. The summed E-state index contributed by atoms with van der Waals surface area (Å²) in [4.78, 5) is 27.4. The van der Waals surface area contributed by atoms with Crippen molar-refractivity contribution in [3.8, 4) is 5.88 Å². The quantitative estimate of drug-likeness (QED) is 0.784. The van der Waals surface area contributed by atoms with Gasteiger partial charge in [-0.1, -0.05) is 12.1 Å². The summed E-state index contributed by atoms with van der Waals surface area (Å²) in [6.07, 6.45) is 3.27. The molecule has 4 heteroatoms. The Bertz CT molecular complexity index is 665. The summed E-state index contributed by atoms with van der Waals surface area (Å²) in [5.41, 5.74) is 2.56. The number of ketones is 1. The van der Waals surface area contributed by atoms with Gasteiger partial charge in [0.2, 0.25) is 5.88 Å². The van der Waals surface area contributed by atoms with Crippen molar-refractivity contribution in [2.75, 3.05) is 0 Å². The van der Waals surface area contributed by atoms with Crippen molar-refractivity contribution in [3.05, 3.63) is 59.3 Å². The first-order chi connectivity index (χ1) is 9.72. The SMILES string of the molecule is O=C1CCc2cc(C(=O)Oc3ccccn3)ccc2C1. The number of ether oxygens (including phenoxy) is 1. The second-order valence-corrected chi connectivity index (χ2v) is 4.76. The van der Waals surface area contributed by atoms with E-state index in [0.717, 1.165) is 11.1 Å². The number of pyridine rings is 1. The van der Waals surface area contributed by atoms with Crippen molar-refractivity contribution in [3.63, 3.8) is 0 Å². The highest BCUT2D eigenvalue weighted by Crippen LogP contribution is 2.21. The summed E-state index contributed by atoms with van der Waals surface area (Å²) in [5, 5.41) is 0. The van der Waals surface area contributed by atoms with Gasteiger partial charge in [-0.2, -0.15) is 0 Å². The van der Waals surface area contributed by atoms with Gasteiger partial charge < -0.3 is 4.74 Å². The number of benzene rings is 1.